The topological polar surface area (TPSA) is 109 Å². The molecule has 0 bridgehead atoms. The van der Waals surface area contributed by atoms with Crippen molar-refractivity contribution in [3.8, 4) is 0 Å². The highest BCUT2D eigenvalue weighted by atomic mass is 127. The monoisotopic (exact) mass is 422 g/mol. The molecule has 4 heterocycles. The number of H-pyrrole nitrogens is 2. The maximum absolute atomic E-state index is 11.2. The molecule has 0 aliphatic carbocycles. The summed E-state index contributed by atoms with van der Waals surface area (Å²) in [7, 11) is 1.32. The van der Waals surface area contributed by atoms with E-state index in [1.165, 1.54) is 7.11 Å². The largest absolute Gasteiger partial charge is 0.464 e. The fourth-order valence-electron chi connectivity index (χ4n) is 1.93. The van der Waals surface area contributed by atoms with E-state index >= 15 is 0 Å². The van der Waals surface area contributed by atoms with E-state index in [2.05, 4.69) is 57.7 Å². The molecule has 0 aromatic carbocycles. The van der Waals surface area contributed by atoms with Gasteiger partial charge in [0.2, 0.25) is 0 Å². The molecule has 116 valence electrons. The predicted molar refractivity (Wildman–Crippen MR) is 91.8 cm³/mol. The summed E-state index contributed by atoms with van der Waals surface area (Å²) in [4.78, 5) is 19.2. The van der Waals surface area contributed by atoms with Crippen molar-refractivity contribution in [1.82, 2.24) is 30.4 Å². The van der Waals surface area contributed by atoms with Crippen LogP contribution in [0.5, 0.6) is 0 Å². The van der Waals surface area contributed by atoms with Crippen LogP contribution in [0.2, 0.25) is 0 Å². The zero-order chi connectivity index (χ0) is 16.2. The predicted octanol–water partition coefficient (Wildman–Crippen LogP) is 2.31. The number of carbonyl (C=O) groups is 1. The fourth-order valence-corrected chi connectivity index (χ4v) is 2.47. The van der Waals surface area contributed by atoms with Gasteiger partial charge in [0.15, 0.2) is 17.0 Å². The number of esters is 1. The summed E-state index contributed by atoms with van der Waals surface area (Å²) >= 11 is 2.20. The molecule has 0 spiro atoms. The third kappa shape index (κ3) is 3.13. The highest BCUT2D eigenvalue weighted by Crippen LogP contribution is 2.14. The molecule has 0 saturated carbocycles. The molecule has 0 fully saturated rings. The number of ether oxygens (including phenoxy) is 1. The quantitative estimate of drug-likeness (QED) is 0.360. The Morgan fingerprint density at radius 2 is 1.65 bits per heavy atom. The Kier molecular flexibility index (Phi) is 4.46. The number of halogens is 1. The average molecular weight is 422 g/mol. The molecule has 2 N–H and O–H groups in total. The molecule has 8 nitrogen and oxygen atoms in total. The van der Waals surface area contributed by atoms with Crippen LogP contribution in [0.3, 0.4) is 0 Å². The number of hydrogen-bond acceptors (Lipinski definition) is 6. The number of pyridine rings is 2. The molecule has 4 rings (SSSR count). The van der Waals surface area contributed by atoms with E-state index in [0.29, 0.717) is 16.7 Å². The third-order valence-electron chi connectivity index (χ3n) is 3.00. The maximum atomic E-state index is 11.2. The Balaban J connectivity index is 0.000000140. The number of rotatable bonds is 1. The first kappa shape index (κ1) is 15.3. The third-order valence-corrected chi connectivity index (χ3v) is 3.82. The molecule has 4 aromatic rings. The minimum atomic E-state index is -0.435. The molecule has 0 aliphatic heterocycles. The molecule has 0 unspecified atom stereocenters. The van der Waals surface area contributed by atoms with Gasteiger partial charge in [0.25, 0.3) is 0 Å². The first-order valence-corrected chi connectivity index (χ1v) is 7.60. The zero-order valence-corrected chi connectivity index (χ0v) is 14.1. The lowest BCUT2D eigenvalue weighted by molar-refractivity contribution is 0.0596. The van der Waals surface area contributed by atoms with Crippen molar-refractivity contribution in [1.29, 1.82) is 0 Å². The molecule has 23 heavy (non-hydrogen) atoms. The molecule has 0 radical (unpaired) electrons. The summed E-state index contributed by atoms with van der Waals surface area (Å²) in [6.07, 6.45) is 3.35. The normalized spacial score (nSPS) is 10.3. The van der Waals surface area contributed by atoms with Gasteiger partial charge in [0.1, 0.15) is 3.70 Å². The fraction of sp³-hybridized carbons (Fsp3) is 0.0714. The molecular weight excluding hydrogens is 411 g/mol. The van der Waals surface area contributed by atoms with E-state index in [1.54, 1.807) is 24.5 Å². The van der Waals surface area contributed by atoms with Crippen molar-refractivity contribution < 1.29 is 9.53 Å². The van der Waals surface area contributed by atoms with Crippen molar-refractivity contribution in [3.63, 3.8) is 0 Å². The number of nitrogens with zero attached hydrogens (tertiary/aromatic N) is 4. The van der Waals surface area contributed by atoms with Gasteiger partial charge in [0, 0.05) is 12.4 Å². The number of aromatic amines is 2. The Hall–Kier alpha value is -2.56. The number of fused-ring (bicyclic) bond motifs is 2. The summed E-state index contributed by atoms with van der Waals surface area (Å²) < 4.78 is 5.61. The van der Waals surface area contributed by atoms with Crippen LogP contribution in [-0.2, 0) is 4.74 Å². The summed E-state index contributed by atoms with van der Waals surface area (Å²) in [5.41, 5.74) is 1.64. The van der Waals surface area contributed by atoms with E-state index in [4.69, 9.17) is 0 Å². The summed E-state index contributed by atoms with van der Waals surface area (Å²) in [6.45, 7) is 0. The minimum Gasteiger partial charge on any atom is -0.464 e. The zero-order valence-electron chi connectivity index (χ0n) is 11.9. The van der Waals surface area contributed by atoms with Crippen molar-refractivity contribution in [2.45, 2.75) is 0 Å². The van der Waals surface area contributed by atoms with Gasteiger partial charge >= 0.3 is 5.97 Å². The number of aromatic nitrogens is 6. The lowest BCUT2D eigenvalue weighted by Crippen LogP contribution is -2.01. The van der Waals surface area contributed by atoms with Crippen LogP contribution >= 0.6 is 22.6 Å². The molecule has 4 aromatic heterocycles. The Labute approximate surface area is 143 Å². The second-order valence-corrected chi connectivity index (χ2v) is 5.46. The van der Waals surface area contributed by atoms with Crippen LogP contribution < -0.4 is 0 Å². The van der Waals surface area contributed by atoms with Gasteiger partial charge in [-0.15, -0.1) is 0 Å². The molecule has 0 atom stereocenters. The summed E-state index contributed by atoms with van der Waals surface area (Å²) in [5, 5.41) is 15.0. The summed E-state index contributed by atoms with van der Waals surface area (Å²) in [6, 6.07) is 7.40. The smallest absolute Gasteiger partial charge is 0.356 e. The van der Waals surface area contributed by atoms with Crippen molar-refractivity contribution in [2.75, 3.05) is 7.11 Å². The van der Waals surface area contributed by atoms with Gasteiger partial charge in [-0.3, -0.25) is 10.2 Å². The highest BCUT2D eigenvalue weighted by molar-refractivity contribution is 14.1. The Morgan fingerprint density at radius 3 is 2.30 bits per heavy atom. The van der Waals surface area contributed by atoms with Crippen LogP contribution in [-0.4, -0.2) is 43.4 Å². The molecule has 0 amide bonds. The Bertz CT molecular complexity index is 964. The molecule has 9 heteroatoms. The lowest BCUT2D eigenvalue weighted by Gasteiger charge is -1.93. The first-order valence-electron chi connectivity index (χ1n) is 6.52. The van der Waals surface area contributed by atoms with Gasteiger partial charge in [-0.2, -0.15) is 10.2 Å². The van der Waals surface area contributed by atoms with E-state index in [0.717, 1.165) is 14.7 Å². The van der Waals surface area contributed by atoms with E-state index < -0.39 is 5.97 Å². The van der Waals surface area contributed by atoms with Gasteiger partial charge in [0.05, 0.1) is 17.9 Å². The highest BCUT2D eigenvalue weighted by Gasteiger charge is 2.13. The first-order chi connectivity index (χ1) is 11.2. The number of hydrogen-bond donors (Lipinski definition) is 2. The van der Waals surface area contributed by atoms with Gasteiger partial charge in [-0.1, -0.05) is 0 Å². The molecule has 0 aliphatic rings. The van der Waals surface area contributed by atoms with E-state index in [-0.39, 0.29) is 0 Å². The van der Waals surface area contributed by atoms with Crippen LogP contribution in [0.1, 0.15) is 10.5 Å². The van der Waals surface area contributed by atoms with Crippen molar-refractivity contribution in [2.24, 2.45) is 0 Å². The van der Waals surface area contributed by atoms with Crippen LogP contribution in [0.15, 0.2) is 36.7 Å². The maximum Gasteiger partial charge on any atom is 0.356 e. The standard InChI is InChI=1S/C8H7N3O2.C6H4IN3/c1-13-8(12)6-5-3-2-4-9-7(5)11-10-6;7-5-4-2-1-3-8-6(4)10-9-5/h2-4H,1H3,(H,9,10,11);1-3H,(H,8,9,10). The SMILES string of the molecule is COC(=O)c1[nH]nc2ncccc12.Ic1[nH]nc2ncccc12. The number of methoxy groups -OCH3 is 1. The van der Waals surface area contributed by atoms with Crippen molar-refractivity contribution >= 4 is 50.6 Å². The van der Waals surface area contributed by atoms with Crippen LogP contribution in [0, 0.1) is 3.70 Å². The second kappa shape index (κ2) is 6.69. The van der Waals surface area contributed by atoms with Gasteiger partial charge < -0.3 is 4.74 Å². The van der Waals surface area contributed by atoms with Gasteiger partial charge in [-0.25, -0.2) is 14.8 Å². The van der Waals surface area contributed by atoms with Crippen molar-refractivity contribution in [3.05, 3.63) is 46.1 Å². The Morgan fingerprint density at radius 1 is 1.04 bits per heavy atom. The number of nitrogens with one attached hydrogen (secondary N) is 2. The van der Waals surface area contributed by atoms with Gasteiger partial charge in [-0.05, 0) is 46.9 Å². The van der Waals surface area contributed by atoms with Crippen LogP contribution in [0.4, 0.5) is 0 Å². The average Bonchev–Trinajstić information content (AvgIpc) is 3.19. The summed E-state index contributed by atoms with van der Waals surface area (Å²) in [5.74, 6) is -0.435. The molecule has 0 saturated heterocycles. The molecular formula is C14H11IN6O2. The van der Waals surface area contributed by atoms with E-state index in [9.17, 15) is 4.79 Å². The van der Waals surface area contributed by atoms with Crippen LogP contribution in [0.25, 0.3) is 22.1 Å². The van der Waals surface area contributed by atoms with E-state index in [1.807, 2.05) is 12.1 Å². The lowest BCUT2D eigenvalue weighted by atomic mass is 10.3. The second-order valence-electron chi connectivity index (χ2n) is 4.38. The number of carbonyl (C=O) groups excluding carboxylic acids is 1. The minimum absolute atomic E-state index is 0.339.